The second-order valence-corrected chi connectivity index (χ2v) is 7.98. The molecule has 3 amide bonds. The molecule has 4 N–H and O–H groups in total. The fraction of sp³-hybridized carbons (Fsp3) is 0.259. The van der Waals surface area contributed by atoms with Crippen molar-refractivity contribution in [2.45, 2.75) is 27.2 Å². The molecule has 11 heteroatoms. The lowest BCUT2D eigenvalue weighted by molar-refractivity contribution is -0.107. The topological polar surface area (TPSA) is 136 Å². The summed E-state index contributed by atoms with van der Waals surface area (Å²) in [5, 5.41) is 5.47. The Kier molecular flexibility index (Phi) is 10.6. The standard InChI is InChI=1S/C26H29FN4O4.CH3NO/c1-6-17-11-12-21(20(27)13-17)29-24-22(25(33)28-4)23(16(3)26(34)30(24)5)31(15-32)18-9-8-10-19(14-18)35-7-2;2-1-3/h8-15,29H,6-7H2,1-5H3,(H,28,33);1H,(H2,2,3). The van der Waals surface area contributed by atoms with Crippen molar-refractivity contribution < 1.29 is 23.5 Å². The molecule has 0 aliphatic heterocycles. The van der Waals surface area contributed by atoms with Crippen LogP contribution in [0.15, 0.2) is 47.3 Å². The Morgan fingerprint density at radius 2 is 1.87 bits per heavy atom. The van der Waals surface area contributed by atoms with Crippen LogP contribution in [-0.4, -0.2) is 36.9 Å². The first-order valence-electron chi connectivity index (χ1n) is 11.8. The maximum absolute atomic E-state index is 14.8. The van der Waals surface area contributed by atoms with Crippen molar-refractivity contribution in [2.24, 2.45) is 12.8 Å². The van der Waals surface area contributed by atoms with E-state index in [1.165, 1.54) is 36.6 Å². The van der Waals surface area contributed by atoms with Gasteiger partial charge in [0.15, 0.2) is 0 Å². The number of amides is 3. The van der Waals surface area contributed by atoms with Gasteiger partial charge >= 0.3 is 0 Å². The molecule has 0 aliphatic carbocycles. The van der Waals surface area contributed by atoms with E-state index in [0.29, 0.717) is 30.9 Å². The Bertz CT molecular complexity index is 1370. The van der Waals surface area contributed by atoms with E-state index in [2.05, 4.69) is 16.4 Å². The van der Waals surface area contributed by atoms with Crippen molar-refractivity contribution in [3.8, 4) is 5.75 Å². The van der Waals surface area contributed by atoms with Crippen molar-refractivity contribution >= 4 is 41.6 Å². The number of pyridine rings is 1. The number of carbonyl (C=O) groups is 3. The molecule has 0 aliphatic rings. The Hall–Kier alpha value is -4.67. The molecule has 0 saturated carbocycles. The van der Waals surface area contributed by atoms with Gasteiger partial charge < -0.3 is 21.1 Å². The molecule has 1 aromatic heterocycles. The highest BCUT2D eigenvalue weighted by Gasteiger charge is 2.28. The van der Waals surface area contributed by atoms with Gasteiger partial charge in [-0.1, -0.05) is 19.1 Å². The third-order valence-electron chi connectivity index (χ3n) is 5.69. The second-order valence-electron chi connectivity index (χ2n) is 7.98. The second kappa shape index (κ2) is 13.6. The highest BCUT2D eigenvalue weighted by atomic mass is 19.1. The molecule has 10 nitrogen and oxygen atoms in total. The maximum Gasteiger partial charge on any atom is 0.256 e. The summed E-state index contributed by atoms with van der Waals surface area (Å²) in [5.74, 6) is -0.514. The summed E-state index contributed by atoms with van der Waals surface area (Å²) in [7, 11) is 2.92. The maximum atomic E-state index is 14.8. The minimum absolute atomic E-state index is 0.0139. The van der Waals surface area contributed by atoms with Crippen LogP contribution in [0.2, 0.25) is 0 Å². The highest BCUT2D eigenvalue weighted by Crippen LogP contribution is 2.36. The number of primary amides is 1. The number of nitrogens with one attached hydrogen (secondary N) is 2. The third-order valence-corrected chi connectivity index (χ3v) is 5.69. The number of benzene rings is 2. The molecule has 3 rings (SSSR count). The minimum atomic E-state index is -0.556. The van der Waals surface area contributed by atoms with E-state index in [9.17, 15) is 18.8 Å². The van der Waals surface area contributed by atoms with Crippen LogP contribution in [0.25, 0.3) is 0 Å². The van der Waals surface area contributed by atoms with E-state index in [0.717, 1.165) is 5.56 Å². The summed E-state index contributed by atoms with van der Waals surface area (Å²) >= 11 is 0. The van der Waals surface area contributed by atoms with Gasteiger partial charge in [0, 0.05) is 25.7 Å². The van der Waals surface area contributed by atoms with E-state index in [1.807, 2.05) is 13.8 Å². The Morgan fingerprint density at radius 3 is 2.42 bits per heavy atom. The first-order valence-corrected chi connectivity index (χ1v) is 11.8. The average Bonchev–Trinajstić information content (AvgIpc) is 2.91. The van der Waals surface area contributed by atoms with E-state index < -0.39 is 17.3 Å². The normalized spacial score (nSPS) is 10.1. The van der Waals surface area contributed by atoms with Gasteiger partial charge in [-0.3, -0.25) is 28.6 Å². The van der Waals surface area contributed by atoms with Crippen LogP contribution in [0.5, 0.6) is 5.75 Å². The van der Waals surface area contributed by atoms with Gasteiger partial charge in [-0.2, -0.15) is 0 Å². The van der Waals surface area contributed by atoms with Crippen molar-refractivity contribution in [2.75, 3.05) is 23.9 Å². The summed E-state index contributed by atoms with van der Waals surface area (Å²) < 4.78 is 21.6. The molecule has 202 valence electrons. The molecule has 0 atom stereocenters. The molecule has 1 heterocycles. The lowest BCUT2D eigenvalue weighted by Crippen LogP contribution is -2.33. The summed E-state index contributed by atoms with van der Waals surface area (Å²) in [6.07, 6.45) is 1.43. The molecule has 0 radical (unpaired) electrons. The number of ether oxygens (including phenoxy) is 1. The van der Waals surface area contributed by atoms with E-state index in [4.69, 9.17) is 9.53 Å². The summed E-state index contributed by atoms with van der Waals surface area (Å²) in [5.41, 5.74) is 5.29. The molecule has 3 aromatic rings. The van der Waals surface area contributed by atoms with E-state index in [1.54, 1.807) is 36.4 Å². The van der Waals surface area contributed by atoms with Crippen LogP contribution < -0.4 is 31.6 Å². The Labute approximate surface area is 220 Å². The molecule has 0 fully saturated rings. The fourth-order valence-corrected chi connectivity index (χ4v) is 3.85. The van der Waals surface area contributed by atoms with Gasteiger partial charge in [-0.05, 0) is 50.1 Å². The van der Waals surface area contributed by atoms with Crippen LogP contribution in [0.3, 0.4) is 0 Å². The van der Waals surface area contributed by atoms with Crippen LogP contribution in [0.1, 0.15) is 35.3 Å². The monoisotopic (exact) mass is 525 g/mol. The molecule has 2 aromatic carbocycles. The largest absolute Gasteiger partial charge is 0.494 e. The predicted octanol–water partition coefficient (Wildman–Crippen LogP) is 3.29. The third kappa shape index (κ3) is 6.36. The first-order chi connectivity index (χ1) is 18.2. The van der Waals surface area contributed by atoms with Crippen molar-refractivity contribution in [1.29, 1.82) is 0 Å². The summed E-state index contributed by atoms with van der Waals surface area (Å²) in [6, 6.07) is 11.4. The van der Waals surface area contributed by atoms with E-state index in [-0.39, 0.29) is 34.7 Å². The lowest BCUT2D eigenvalue weighted by Gasteiger charge is -2.26. The molecule has 0 spiro atoms. The van der Waals surface area contributed by atoms with Gasteiger partial charge in [-0.15, -0.1) is 0 Å². The number of halogens is 1. The van der Waals surface area contributed by atoms with Gasteiger partial charge in [-0.25, -0.2) is 4.39 Å². The Balaban J connectivity index is 0.00000161. The summed E-state index contributed by atoms with van der Waals surface area (Å²) in [4.78, 5) is 48.5. The van der Waals surface area contributed by atoms with Crippen molar-refractivity contribution in [3.05, 3.63) is 75.3 Å². The van der Waals surface area contributed by atoms with Crippen molar-refractivity contribution in [1.82, 2.24) is 9.88 Å². The quantitative estimate of drug-likeness (QED) is 0.367. The number of nitrogens with zero attached hydrogens (tertiary/aromatic N) is 2. The minimum Gasteiger partial charge on any atom is -0.494 e. The van der Waals surface area contributed by atoms with Crippen LogP contribution in [0, 0.1) is 12.7 Å². The predicted molar refractivity (Wildman–Crippen MR) is 145 cm³/mol. The molecular formula is C27H32FN5O5. The molecule has 0 saturated heterocycles. The zero-order valence-electron chi connectivity index (χ0n) is 22.0. The zero-order chi connectivity index (χ0) is 28.4. The SMILES string of the molecule is CCOc1cccc(N(C=O)c2c(C(=O)NC)c(Nc3ccc(CC)cc3F)n(C)c(=O)c2C)c1.NC=O. The van der Waals surface area contributed by atoms with Crippen molar-refractivity contribution in [3.63, 3.8) is 0 Å². The fourth-order valence-electron chi connectivity index (χ4n) is 3.85. The number of hydrogen-bond donors (Lipinski definition) is 3. The Morgan fingerprint density at radius 1 is 1.18 bits per heavy atom. The number of hydrogen-bond acceptors (Lipinski definition) is 6. The molecule has 0 unspecified atom stereocenters. The smallest absolute Gasteiger partial charge is 0.256 e. The number of rotatable bonds is 9. The highest BCUT2D eigenvalue weighted by molar-refractivity contribution is 6.08. The zero-order valence-corrected chi connectivity index (χ0v) is 22.0. The van der Waals surface area contributed by atoms with Gasteiger partial charge in [0.2, 0.25) is 12.8 Å². The first kappa shape index (κ1) is 29.6. The number of aromatic nitrogens is 1. The number of anilines is 4. The molecule has 38 heavy (non-hydrogen) atoms. The van der Waals surface area contributed by atoms with Crippen LogP contribution in [0.4, 0.5) is 27.3 Å². The number of nitrogens with two attached hydrogens (primary N) is 1. The number of carbonyl (C=O) groups excluding carboxylic acids is 3. The van der Waals surface area contributed by atoms with Gasteiger partial charge in [0.05, 0.1) is 23.7 Å². The van der Waals surface area contributed by atoms with Crippen LogP contribution >= 0.6 is 0 Å². The van der Waals surface area contributed by atoms with E-state index >= 15 is 0 Å². The molecule has 0 bridgehead atoms. The molecular weight excluding hydrogens is 493 g/mol. The van der Waals surface area contributed by atoms with Gasteiger partial charge in [0.25, 0.3) is 11.5 Å². The summed E-state index contributed by atoms with van der Waals surface area (Å²) in [6.45, 7) is 5.71. The van der Waals surface area contributed by atoms with Crippen LogP contribution in [-0.2, 0) is 23.1 Å². The van der Waals surface area contributed by atoms with Gasteiger partial charge in [0.1, 0.15) is 22.9 Å². The average molecular weight is 526 g/mol. The lowest BCUT2D eigenvalue weighted by atomic mass is 10.1. The number of aryl methyl sites for hydroxylation is 1.